The average molecular weight is 326 g/mol. The van der Waals surface area contributed by atoms with Gasteiger partial charge in [-0.15, -0.1) is 0 Å². The normalized spacial score (nSPS) is 14.3. The van der Waals surface area contributed by atoms with Gasteiger partial charge in [-0.2, -0.15) is 4.65 Å². The summed E-state index contributed by atoms with van der Waals surface area (Å²) in [5.74, 6) is 0.815. The fourth-order valence-corrected chi connectivity index (χ4v) is 2.50. The molecule has 0 saturated heterocycles. The Bertz CT molecular complexity index is 228. The number of aliphatic hydroxyl groups is 2. The van der Waals surface area contributed by atoms with E-state index in [4.69, 9.17) is 15.1 Å². The topological polar surface area (TPSA) is 49.7 Å². The summed E-state index contributed by atoms with van der Waals surface area (Å²) in [7, 11) is 1.92. The maximum Gasteiger partial charge on any atom is 0.205 e. The number of aliphatic hydroxyl groups excluding tert-OH is 1. The molecule has 0 saturated carbocycles. The molecule has 2 N–H and O–H groups in total. The second kappa shape index (κ2) is 13.8. The lowest BCUT2D eigenvalue weighted by Crippen LogP contribution is -3.00. The van der Waals surface area contributed by atoms with Crippen LogP contribution in [0.3, 0.4) is 0 Å². The fraction of sp³-hybridized carbons (Fsp3) is 1.00. The van der Waals surface area contributed by atoms with Crippen molar-refractivity contribution in [2.75, 3.05) is 26.7 Å². The van der Waals surface area contributed by atoms with Gasteiger partial charge in [0.2, 0.25) is 6.29 Å². The zero-order valence-corrected chi connectivity index (χ0v) is 15.1. The van der Waals surface area contributed by atoms with E-state index in [1.165, 1.54) is 32.1 Å². The predicted octanol–water partition coefficient (Wildman–Crippen LogP) is 0.0859. The monoisotopic (exact) mass is 325 g/mol. The summed E-state index contributed by atoms with van der Waals surface area (Å²) in [4.78, 5) is 5.84. The highest BCUT2D eigenvalue weighted by Gasteiger charge is 2.25. The summed E-state index contributed by atoms with van der Waals surface area (Å²) in [5, 5.41) is 18.2. The first-order valence-electron chi connectivity index (χ1n) is 8.25. The van der Waals surface area contributed by atoms with Gasteiger partial charge in [0.25, 0.3) is 0 Å². The molecule has 0 aliphatic heterocycles. The van der Waals surface area contributed by atoms with Crippen LogP contribution in [0.5, 0.6) is 0 Å². The lowest BCUT2D eigenvalue weighted by molar-refractivity contribution is -1.09. The summed E-state index contributed by atoms with van der Waals surface area (Å²) in [6, 6.07) is 0. The van der Waals surface area contributed by atoms with Gasteiger partial charge in [-0.05, 0) is 18.8 Å². The largest absolute Gasteiger partial charge is 1.00 e. The van der Waals surface area contributed by atoms with Crippen molar-refractivity contribution >= 4 is 0 Å². The second-order valence-electron chi connectivity index (χ2n) is 6.47. The van der Waals surface area contributed by atoms with Crippen LogP contribution in [0.4, 0.5) is 0 Å². The van der Waals surface area contributed by atoms with Crippen LogP contribution in [0, 0.1) is 5.92 Å². The van der Waals surface area contributed by atoms with E-state index >= 15 is 0 Å². The number of likely N-dealkylation sites (N-methyl/N-ethyl adjacent to an activating group) is 1. The minimum atomic E-state index is -1.30. The van der Waals surface area contributed by atoms with Gasteiger partial charge in [-0.1, -0.05) is 52.9 Å². The Balaban J connectivity index is 0. The molecule has 0 aromatic heterocycles. The van der Waals surface area contributed by atoms with E-state index in [9.17, 15) is 0 Å². The van der Waals surface area contributed by atoms with Crippen LogP contribution in [0.25, 0.3) is 0 Å². The van der Waals surface area contributed by atoms with Gasteiger partial charge >= 0.3 is 0 Å². The van der Waals surface area contributed by atoms with E-state index in [1.807, 2.05) is 7.05 Å². The van der Waals surface area contributed by atoms with E-state index < -0.39 is 6.29 Å². The molecule has 5 heteroatoms. The molecule has 21 heavy (non-hydrogen) atoms. The van der Waals surface area contributed by atoms with Crippen LogP contribution in [-0.4, -0.2) is 47.9 Å². The Morgan fingerprint density at radius 2 is 1.57 bits per heavy atom. The summed E-state index contributed by atoms with van der Waals surface area (Å²) < 4.78 is 0.293. The van der Waals surface area contributed by atoms with Gasteiger partial charge < -0.3 is 22.6 Å². The average Bonchev–Trinajstić information content (AvgIpc) is 2.31. The van der Waals surface area contributed by atoms with Crippen LogP contribution in [-0.2, 0) is 4.84 Å². The molecule has 0 aliphatic carbocycles. The third kappa shape index (κ3) is 14.8. The lowest BCUT2D eigenvalue weighted by Gasteiger charge is -2.31. The number of unbranched alkanes of at least 4 members (excludes halogenated alkanes) is 4. The molecule has 0 bridgehead atoms. The van der Waals surface area contributed by atoms with E-state index in [2.05, 4.69) is 20.8 Å². The van der Waals surface area contributed by atoms with Crippen molar-refractivity contribution in [3.63, 3.8) is 0 Å². The minimum absolute atomic E-state index is 0. The molecule has 0 fully saturated rings. The number of hydrogen-bond donors (Lipinski definition) is 2. The zero-order chi connectivity index (χ0) is 15.4. The molecular weight excluding hydrogens is 290 g/mol. The van der Waals surface area contributed by atoms with E-state index in [-0.39, 0.29) is 19.0 Å². The van der Waals surface area contributed by atoms with Crippen molar-refractivity contribution in [1.82, 2.24) is 0 Å². The third-order valence-electron chi connectivity index (χ3n) is 3.57. The first-order valence-corrected chi connectivity index (χ1v) is 8.25. The van der Waals surface area contributed by atoms with Gasteiger partial charge in [-0.3, -0.25) is 0 Å². The molecule has 4 nitrogen and oxygen atoms in total. The Labute approximate surface area is 137 Å². The van der Waals surface area contributed by atoms with Gasteiger partial charge in [0.15, 0.2) is 6.54 Å². The molecule has 0 spiro atoms. The van der Waals surface area contributed by atoms with Gasteiger partial charge in [-0.25, -0.2) is 4.84 Å². The summed E-state index contributed by atoms with van der Waals surface area (Å²) in [6.45, 7) is 8.38. The van der Waals surface area contributed by atoms with Crippen LogP contribution in [0.1, 0.15) is 65.7 Å². The highest BCUT2D eigenvalue weighted by atomic mass is 35.5. The maximum atomic E-state index is 9.12. The number of rotatable bonds is 13. The molecule has 0 aromatic carbocycles. The van der Waals surface area contributed by atoms with Crippen LogP contribution < -0.4 is 12.4 Å². The first-order chi connectivity index (χ1) is 9.39. The molecule has 0 radical (unpaired) electrons. The summed E-state index contributed by atoms with van der Waals surface area (Å²) >= 11 is 0. The van der Waals surface area contributed by atoms with Crippen molar-refractivity contribution in [2.45, 2.75) is 72.0 Å². The van der Waals surface area contributed by atoms with E-state index in [1.54, 1.807) is 0 Å². The highest BCUT2D eigenvalue weighted by Crippen LogP contribution is 2.12. The smallest absolute Gasteiger partial charge is 0.205 e. The van der Waals surface area contributed by atoms with Crippen molar-refractivity contribution in [1.29, 1.82) is 0 Å². The van der Waals surface area contributed by atoms with Crippen LogP contribution in [0.15, 0.2) is 0 Å². The minimum Gasteiger partial charge on any atom is -1.00 e. The number of hydrogen-bond acceptors (Lipinski definition) is 3. The van der Waals surface area contributed by atoms with Gasteiger partial charge in [0, 0.05) is 0 Å². The number of halogens is 1. The SMILES string of the molecule is CCC[N+](C)(CC(O)O)OCCCCCCCC(C)C.[Cl-]. The number of quaternary nitrogens is 1. The second-order valence-corrected chi connectivity index (χ2v) is 6.47. The van der Waals surface area contributed by atoms with E-state index in [0.29, 0.717) is 11.3 Å². The Morgan fingerprint density at radius 3 is 2.10 bits per heavy atom. The number of nitrogens with zero attached hydrogens (tertiary/aromatic N) is 1. The van der Waals surface area contributed by atoms with Crippen LogP contribution >= 0.6 is 0 Å². The molecule has 1 unspecified atom stereocenters. The van der Waals surface area contributed by atoms with E-state index in [0.717, 1.165) is 25.3 Å². The maximum absolute atomic E-state index is 9.12. The van der Waals surface area contributed by atoms with Crippen LogP contribution in [0.2, 0.25) is 0 Å². The standard InChI is InChI=1S/C16H36NO3.ClH/c1-5-12-17(4,14-16(18)19)20-13-10-8-6-7-9-11-15(2)3;/h15-16,18-19H,5-14H2,1-4H3;1H/q+1;/p-1. The Hall–Kier alpha value is 0.130. The first kappa shape index (κ1) is 23.4. The van der Waals surface area contributed by atoms with Gasteiger partial charge in [0.1, 0.15) is 13.2 Å². The fourth-order valence-electron chi connectivity index (χ4n) is 2.50. The third-order valence-corrected chi connectivity index (χ3v) is 3.57. The molecule has 0 aliphatic rings. The summed E-state index contributed by atoms with van der Waals surface area (Å²) in [6.07, 6.45) is 7.17. The lowest BCUT2D eigenvalue weighted by atomic mass is 10.0. The molecule has 1 atom stereocenters. The molecular formula is C16H36ClNO3. The predicted molar refractivity (Wildman–Crippen MR) is 82.9 cm³/mol. The molecule has 0 rings (SSSR count). The summed E-state index contributed by atoms with van der Waals surface area (Å²) in [5.41, 5.74) is 0. The van der Waals surface area contributed by atoms with Crippen molar-refractivity contribution < 1.29 is 32.1 Å². The van der Waals surface area contributed by atoms with Gasteiger partial charge in [0.05, 0.1) is 7.05 Å². The van der Waals surface area contributed by atoms with Crippen molar-refractivity contribution in [3.05, 3.63) is 0 Å². The Kier molecular flexibility index (Phi) is 15.3. The van der Waals surface area contributed by atoms with Crippen molar-refractivity contribution in [3.8, 4) is 0 Å². The highest BCUT2D eigenvalue weighted by molar-refractivity contribution is 4.48. The molecule has 0 aromatic rings. The molecule has 0 amide bonds. The zero-order valence-electron chi connectivity index (χ0n) is 14.4. The van der Waals surface area contributed by atoms with Crippen molar-refractivity contribution in [2.24, 2.45) is 5.92 Å². The quantitative estimate of drug-likeness (QED) is 0.218. The Morgan fingerprint density at radius 1 is 1.00 bits per heavy atom. The number of hydroxylamine groups is 3. The molecule has 130 valence electrons. The molecule has 0 heterocycles.